The number of aromatic nitrogens is 2. The molecule has 1 amide bonds. The Kier molecular flexibility index (Phi) is 4.19. The molecule has 1 aromatic heterocycles. The van der Waals surface area contributed by atoms with Crippen LogP contribution >= 0.6 is 15.9 Å². The summed E-state index contributed by atoms with van der Waals surface area (Å²) < 4.78 is 2.26. The highest BCUT2D eigenvalue weighted by molar-refractivity contribution is 9.10. The molecule has 0 spiro atoms. The summed E-state index contributed by atoms with van der Waals surface area (Å²) in [6.07, 6.45) is 2.58. The van der Waals surface area contributed by atoms with Gasteiger partial charge >= 0.3 is 0 Å². The van der Waals surface area contributed by atoms with Crippen LogP contribution in [0.5, 0.6) is 0 Å². The smallest absolute Gasteiger partial charge is 0.244 e. The number of nitrogen functional groups attached to an aromatic ring is 1. The Bertz CT molecular complexity index is 394. The molecular formula is C11H19BrN4O. The maximum absolute atomic E-state index is 12.0. The molecule has 0 aromatic carbocycles. The van der Waals surface area contributed by atoms with Gasteiger partial charge in [-0.2, -0.15) is 5.10 Å². The van der Waals surface area contributed by atoms with Crippen molar-refractivity contribution in [3.8, 4) is 0 Å². The van der Waals surface area contributed by atoms with Gasteiger partial charge in [0.1, 0.15) is 6.04 Å². The normalized spacial score (nSPS) is 13.5. The third-order valence-electron chi connectivity index (χ3n) is 2.84. The highest BCUT2D eigenvalue weighted by Gasteiger charge is 2.23. The van der Waals surface area contributed by atoms with Gasteiger partial charge in [-0.25, -0.2) is 0 Å². The molecule has 0 radical (unpaired) electrons. The number of carbonyl (C=O) groups excluding carboxylic acids is 1. The van der Waals surface area contributed by atoms with Gasteiger partial charge in [0, 0.05) is 11.7 Å². The molecule has 1 rings (SSSR count). The zero-order valence-corrected chi connectivity index (χ0v) is 12.2. The molecule has 1 unspecified atom stereocenters. The number of carbonyl (C=O) groups is 1. The van der Waals surface area contributed by atoms with E-state index < -0.39 is 0 Å². The van der Waals surface area contributed by atoms with E-state index in [0.717, 1.165) is 6.42 Å². The minimum absolute atomic E-state index is 0.0631. The van der Waals surface area contributed by atoms with Crippen molar-refractivity contribution in [3.63, 3.8) is 0 Å². The lowest BCUT2D eigenvalue weighted by molar-refractivity contribution is -0.125. The summed E-state index contributed by atoms with van der Waals surface area (Å²) in [5, 5.41) is 7.05. The molecule has 0 aliphatic carbocycles. The molecule has 96 valence electrons. The highest BCUT2D eigenvalue weighted by Crippen LogP contribution is 2.19. The fourth-order valence-corrected chi connectivity index (χ4v) is 1.52. The van der Waals surface area contributed by atoms with Crippen LogP contribution in [0.2, 0.25) is 0 Å². The molecule has 0 aliphatic rings. The average molecular weight is 303 g/mol. The van der Waals surface area contributed by atoms with Crippen LogP contribution in [0.4, 0.5) is 5.82 Å². The standard InChI is InChI=1S/C11H19BrN4O/c1-5-11(3,4)14-10(17)7(2)16-6-8(12)9(13)15-16/h6-7H,5H2,1-4H3,(H2,13,15)(H,14,17). The summed E-state index contributed by atoms with van der Waals surface area (Å²) in [6, 6.07) is -0.380. The number of nitrogens with zero attached hydrogens (tertiary/aromatic N) is 2. The van der Waals surface area contributed by atoms with Gasteiger partial charge in [-0.3, -0.25) is 9.48 Å². The Morgan fingerprint density at radius 1 is 1.71 bits per heavy atom. The van der Waals surface area contributed by atoms with Crippen molar-refractivity contribution in [2.45, 2.75) is 45.7 Å². The van der Waals surface area contributed by atoms with E-state index in [1.807, 2.05) is 20.8 Å². The molecular weight excluding hydrogens is 284 g/mol. The number of hydrogen-bond donors (Lipinski definition) is 2. The summed E-state index contributed by atoms with van der Waals surface area (Å²) >= 11 is 3.27. The largest absolute Gasteiger partial charge is 0.381 e. The van der Waals surface area contributed by atoms with E-state index in [4.69, 9.17) is 5.73 Å². The zero-order valence-electron chi connectivity index (χ0n) is 10.6. The number of halogens is 1. The van der Waals surface area contributed by atoms with Crippen LogP contribution in [-0.2, 0) is 4.79 Å². The molecule has 6 heteroatoms. The molecule has 0 aliphatic heterocycles. The number of hydrogen-bond acceptors (Lipinski definition) is 3. The van der Waals surface area contributed by atoms with Crippen molar-refractivity contribution in [1.82, 2.24) is 15.1 Å². The Morgan fingerprint density at radius 2 is 2.29 bits per heavy atom. The van der Waals surface area contributed by atoms with Crippen LogP contribution < -0.4 is 11.1 Å². The SMILES string of the molecule is CCC(C)(C)NC(=O)C(C)n1cc(Br)c(N)n1. The summed E-state index contributed by atoms with van der Waals surface area (Å²) in [5.41, 5.74) is 5.41. The van der Waals surface area contributed by atoms with Crippen molar-refractivity contribution < 1.29 is 4.79 Å². The van der Waals surface area contributed by atoms with Gasteiger partial charge in [0.25, 0.3) is 0 Å². The van der Waals surface area contributed by atoms with Crippen molar-refractivity contribution in [2.75, 3.05) is 5.73 Å². The third-order valence-corrected chi connectivity index (χ3v) is 3.45. The van der Waals surface area contributed by atoms with Gasteiger partial charge < -0.3 is 11.1 Å². The molecule has 0 fully saturated rings. The molecule has 0 saturated heterocycles. The number of rotatable bonds is 4. The average Bonchev–Trinajstić information content (AvgIpc) is 2.57. The van der Waals surface area contributed by atoms with E-state index in [0.29, 0.717) is 10.3 Å². The molecule has 3 N–H and O–H groups in total. The van der Waals surface area contributed by atoms with Crippen LogP contribution in [0.1, 0.15) is 40.2 Å². The van der Waals surface area contributed by atoms with Gasteiger partial charge in [0.15, 0.2) is 5.82 Å². The van der Waals surface area contributed by atoms with E-state index in [1.54, 1.807) is 17.8 Å². The van der Waals surface area contributed by atoms with E-state index in [-0.39, 0.29) is 17.5 Å². The molecule has 5 nitrogen and oxygen atoms in total. The first-order valence-electron chi connectivity index (χ1n) is 5.59. The first-order valence-corrected chi connectivity index (χ1v) is 6.38. The Balaban J connectivity index is 2.77. The maximum Gasteiger partial charge on any atom is 0.244 e. The van der Waals surface area contributed by atoms with Crippen LogP contribution in [0.25, 0.3) is 0 Å². The Hall–Kier alpha value is -1.04. The van der Waals surface area contributed by atoms with E-state index in [2.05, 4.69) is 26.3 Å². The van der Waals surface area contributed by atoms with Crippen LogP contribution in [0.3, 0.4) is 0 Å². The van der Waals surface area contributed by atoms with Crippen molar-refractivity contribution >= 4 is 27.7 Å². The number of amides is 1. The summed E-state index contributed by atoms with van der Waals surface area (Å²) in [6.45, 7) is 7.81. The van der Waals surface area contributed by atoms with E-state index in [9.17, 15) is 4.79 Å². The van der Waals surface area contributed by atoms with Crippen molar-refractivity contribution in [3.05, 3.63) is 10.7 Å². The second kappa shape index (κ2) is 5.08. The molecule has 1 atom stereocenters. The number of anilines is 1. The third kappa shape index (κ3) is 3.46. The van der Waals surface area contributed by atoms with Gasteiger partial charge in [0.05, 0.1) is 4.47 Å². The van der Waals surface area contributed by atoms with Crippen molar-refractivity contribution in [2.24, 2.45) is 0 Å². The minimum atomic E-state index is -0.380. The number of nitrogens with one attached hydrogen (secondary N) is 1. The first kappa shape index (κ1) is 14.0. The molecule has 1 heterocycles. The number of nitrogens with two attached hydrogens (primary N) is 1. The summed E-state index contributed by atoms with van der Waals surface area (Å²) in [4.78, 5) is 12.0. The monoisotopic (exact) mass is 302 g/mol. The second-order valence-corrected chi connectivity index (χ2v) is 5.60. The lowest BCUT2D eigenvalue weighted by Gasteiger charge is -2.26. The molecule has 0 saturated carbocycles. The highest BCUT2D eigenvalue weighted by atomic mass is 79.9. The van der Waals surface area contributed by atoms with Gasteiger partial charge in [0.2, 0.25) is 5.91 Å². The summed E-state index contributed by atoms with van der Waals surface area (Å²) in [7, 11) is 0. The topological polar surface area (TPSA) is 72.9 Å². The van der Waals surface area contributed by atoms with Gasteiger partial charge in [-0.05, 0) is 43.1 Å². The summed E-state index contributed by atoms with van der Waals surface area (Å²) in [5.74, 6) is 0.325. The predicted octanol–water partition coefficient (Wildman–Crippen LogP) is 2.09. The fourth-order valence-electron chi connectivity index (χ4n) is 1.23. The van der Waals surface area contributed by atoms with Crippen LogP contribution in [0.15, 0.2) is 10.7 Å². The molecule has 0 bridgehead atoms. The second-order valence-electron chi connectivity index (χ2n) is 4.74. The Morgan fingerprint density at radius 3 is 2.71 bits per heavy atom. The lowest BCUT2D eigenvalue weighted by Crippen LogP contribution is -2.45. The first-order chi connectivity index (χ1) is 7.76. The lowest BCUT2D eigenvalue weighted by atomic mass is 10.0. The zero-order chi connectivity index (χ0) is 13.2. The van der Waals surface area contributed by atoms with Crippen molar-refractivity contribution in [1.29, 1.82) is 0 Å². The van der Waals surface area contributed by atoms with Gasteiger partial charge in [-0.15, -0.1) is 0 Å². The maximum atomic E-state index is 12.0. The fraction of sp³-hybridized carbons (Fsp3) is 0.636. The quantitative estimate of drug-likeness (QED) is 0.894. The molecule has 1 aromatic rings. The molecule has 17 heavy (non-hydrogen) atoms. The van der Waals surface area contributed by atoms with Crippen LogP contribution in [0, 0.1) is 0 Å². The predicted molar refractivity (Wildman–Crippen MR) is 71.6 cm³/mol. The Labute approximate surface area is 110 Å². The minimum Gasteiger partial charge on any atom is -0.381 e. The van der Waals surface area contributed by atoms with Gasteiger partial charge in [-0.1, -0.05) is 6.92 Å². The van der Waals surface area contributed by atoms with E-state index >= 15 is 0 Å². The van der Waals surface area contributed by atoms with Crippen LogP contribution in [-0.4, -0.2) is 21.2 Å². The van der Waals surface area contributed by atoms with E-state index in [1.165, 1.54) is 0 Å².